The van der Waals surface area contributed by atoms with Gasteiger partial charge in [-0.25, -0.2) is 0 Å². The van der Waals surface area contributed by atoms with Crippen molar-refractivity contribution >= 4 is 0 Å². The van der Waals surface area contributed by atoms with Gasteiger partial charge in [0.15, 0.2) is 5.79 Å². The summed E-state index contributed by atoms with van der Waals surface area (Å²) in [6.07, 6.45) is 11.2. The number of hydrogen-bond acceptors (Lipinski definition) is 3. The molecule has 0 aromatic heterocycles. The zero-order chi connectivity index (χ0) is 11.3. The molecule has 2 aliphatic heterocycles. The van der Waals surface area contributed by atoms with Gasteiger partial charge in [-0.2, -0.15) is 0 Å². The van der Waals surface area contributed by atoms with E-state index >= 15 is 0 Å². The molecule has 0 aliphatic carbocycles. The highest BCUT2D eigenvalue weighted by molar-refractivity contribution is 5.07. The van der Waals surface area contributed by atoms with Gasteiger partial charge in [-0.3, -0.25) is 0 Å². The number of hydrogen-bond donors (Lipinski definition) is 1. The second kappa shape index (κ2) is 5.62. The van der Waals surface area contributed by atoms with Crippen molar-refractivity contribution in [3.8, 4) is 0 Å². The van der Waals surface area contributed by atoms with E-state index in [1.165, 1.54) is 0 Å². The summed E-state index contributed by atoms with van der Waals surface area (Å²) in [7, 11) is 0. The molecule has 0 aromatic rings. The molecular formula is C13H21NO2. The molecule has 1 N–H and O–H groups in total. The highest BCUT2D eigenvalue weighted by Gasteiger charge is 2.38. The Hall–Kier alpha value is -0.640. The third kappa shape index (κ3) is 2.94. The largest absolute Gasteiger partial charge is 0.350 e. The molecule has 2 saturated heterocycles. The Morgan fingerprint density at radius 2 is 2.06 bits per heavy atom. The molecule has 3 heteroatoms. The zero-order valence-electron chi connectivity index (χ0n) is 9.95. The second-order valence-electron chi connectivity index (χ2n) is 4.39. The van der Waals surface area contributed by atoms with Gasteiger partial charge in [0, 0.05) is 25.4 Å². The first-order valence-electron chi connectivity index (χ1n) is 6.15. The van der Waals surface area contributed by atoms with Crippen LogP contribution < -0.4 is 5.32 Å². The lowest BCUT2D eigenvalue weighted by atomic mass is 9.96. The predicted molar refractivity (Wildman–Crippen MR) is 64.2 cm³/mol. The maximum Gasteiger partial charge on any atom is 0.171 e. The summed E-state index contributed by atoms with van der Waals surface area (Å²) >= 11 is 0. The average molecular weight is 223 g/mol. The van der Waals surface area contributed by atoms with Crippen LogP contribution in [-0.4, -0.2) is 31.6 Å². The van der Waals surface area contributed by atoms with Crippen LogP contribution >= 0.6 is 0 Å². The number of allylic oxidation sites excluding steroid dienone is 3. The molecule has 1 atom stereocenters. The fourth-order valence-corrected chi connectivity index (χ4v) is 2.28. The van der Waals surface area contributed by atoms with Gasteiger partial charge in [0.2, 0.25) is 0 Å². The van der Waals surface area contributed by atoms with Crippen LogP contribution in [0.3, 0.4) is 0 Å². The summed E-state index contributed by atoms with van der Waals surface area (Å²) in [5.41, 5.74) is 0. The monoisotopic (exact) mass is 223 g/mol. The van der Waals surface area contributed by atoms with Crippen LogP contribution in [0.1, 0.15) is 26.2 Å². The van der Waals surface area contributed by atoms with Crippen LogP contribution in [0.5, 0.6) is 0 Å². The van der Waals surface area contributed by atoms with Crippen LogP contribution in [0, 0.1) is 0 Å². The van der Waals surface area contributed by atoms with Crippen molar-refractivity contribution in [1.29, 1.82) is 0 Å². The summed E-state index contributed by atoms with van der Waals surface area (Å²) in [6, 6.07) is 0.364. The van der Waals surface area contributed by atoms with Crippen LogP contribution in [0.25, 0.3) is 0 Å². The lowest BCUT2D eigenvalue weighted by molar-refractivity contribution is -0.279. The van der Waals surface area contributed by atoms with Gasteiger partial charge in [-0.15, -0.1) is 0 Å². The lowest BCUT2D eigenvalue weighted by Crippen LogP contribution is -2.52. The van der Waals surface area contributed by atoms with Crippen molar-refractivity contribution in [2.24, 2.45) is 0 Å². The van der Waals surface area contributed by atoms with E-state index in [0.717, 1.165) is 39.0 Å². The first kappa shape index (κ1) is 11.8. The Bertz CT molecular complexity index is 262. The van der Waals surface area contributed by atoms with E-state index in [1.807, 2.05) is 19.1 Å². The maximum atomic E-state index is 5.83. The standard InChI is InChI=1S/C13H21NO2/c1-2-3-4-6-12-11-13(7-8-14-12)15-9-5-10-16-13/h2-4,6,12,14H,5,7-11H2,1H3/b3-2+,6-4+/t12-/m0/s1. The third-order valence-corrected chi connectivity index (χ3v) is 3.11. The normalized spacial score (nSPS) is 30.4. The van der Waals surface area contributed by atoms with Gasteiger partial charge >= 0.3 is 0 Å². The molecule has 0 unspecified atom stereocenters. The van der Waals surface area contributed by atoms with Gasteiger partial charge < -0.3 is 14.8 Å². The van der Waals surface area contributed by atoms with Crippen molar-refractivity contribution in [2.45, 2.75) is 38.0 Å². The summed E-state index contributed by atoms with van der Waals surface area (Å²) in [5.74, 6) is -0.311. The SMILES string of the molecule is C/C=C/C=C/[C@H]1CC2(CCN1)OCCCO2. The molecule has 16 heavy (non-hydrogen) atoms. The van der Waals surface area contributed by atoms with Gasteiger partial charge in [0.05, 0.1) is 13.2 Å². The smallest absolute Gasteiger partial charge is 0.171 e. The van der Waals surface area contributed by atoms with E-state index in [9.17, 15) is 0 Å². The lowest BCUT2D eigenvalue weighted by Gasteiger charge is -2.42. The van der Waals surface area contributed by atoms with Crippen LogP contribution in [0.4, 0.5) is 0 Å². The minimum Gasteiger partial charge on any atom is -0.350 e. The Labute approximate surface area is 97.5 Å². The summed E-state index contributed by atoms with van der Waals surface area (Å²) in [4.78, 5) is 0. The Morgan fingerprint density at radius 1 is 1.25 bits per heavy atom. The second-order valence-corrected chi connectivity index (χ2v) is 4.39. The average Bonchev–Trinajstić information content (AvgIpc) is 2.31. The van der Waals surface area contributed by atoms with Crippen molar-refractivity contribution in [2.75, 3.05) is 19.8 Å². The van der Waals surface area contributed by atoms with E-state index < -0.39 is 0 Å². The number of piperidine rings is 1. The third-order valence-electron chi connectivity index (χ3n) is 3.11. The number of nitrogens with one attached hydrogen (secondary N) is 1. The van der Waals surface area contributed by atoms with Crippen LogP contribution in [0.2, 0.25) is 0 Å². The quantitative estimate of drug-likeness (QED) is 0.726. The van der Waals surface area contributed by atoms with E-state index in [-0.39, 0.29) is 5.79 Å². The van der Waals surface area contributed by atoms with Gasteiger partial charge in [-0.05, 0) is 13.3 Å². The molecule has 90 valence electrons. The van der Waals surface area contributed by atoms with Gasteiger partial charge in [-0.1, -0.05) is 24.3 Å². The van der Waals surface area contributed by atoms with Crippen molar-refractivity contribution < 1.29 is 9.47 Å². The number of ether oxygens (including phenoxy) is 2. The van der Waals surface area contributed by atoms with E-state index in [1.54, 1.807) is 0 Å². The summed E-state index contributed by atoms with van der Waals surface area (Å²) in [5, 5.41) is 3.47. The Balaban J connectivity index is 1.92. The Morgan fingerprint density at radius 3 is 2.81 bits per heavy atom. The summed E-state index contributed by atoms with van der Waals surface area (Å²) in [6.45, 7) is 4.66. The van der Waals surface area contributed by atoms with E-state index in [0.29, 0.717) is 6.04 Å². The van der Waals surface area contributed by atoms with Gasteiger partial charge in [0.25, 0.3) is 0 Å². The predicted octanol–water partition coefficient (Wildman–Crippen LogP) is 2.00. The van der Waals surface area contributed by atoms with Crippen molar-refractivity contribution in [3.63, 3.8) is 0 Å². The minimum absolute atomic E-state index is 0.311. The van der Waals surface area contributed by atoms with E-state index in [2.05, 4.69) is 17.5 Å². The van der Waals surface area contributed by atoms with Gasteiger partial charge in [0.1, 0.15) is 0 Å². The van der Waals surface area contributed by atoms with Crippen LogP contribution in [-0.2, 0) is 9.47 Å². The molecule has 2 rings (SSSR count). The highest BCUT2D eigenvalue weighted by atomic mass is 16.7. The first-order chi connectivity index (χ1) is 7.85. The molecule has 2 fully saturated rings. The van der Waals surface area contributed by atoms with Crippen molar-refractivity contribution in [3.05, 3.63) is 24.3 Å². The number of rotatable bonds is 2. The molecule has 0 aromatic carbocycles. The molecule has 2 heterocycles. The van der Waals surface area contributed by atoms with E-state index in [4.69, 9.17) is 9.47 Å². The topological polar surface area (TPSA) is 30.5 Å². The molecule has 2 aliphatic rings. The summed E-state index contributed by atoms with van der Waals surface area (Å²) < 4.78 is 11.7. The molecule has 3 nitrogen and oxygen atoms in total. The van der Waals surface area contributed by atoms with Crippen molar-refractivity contribution in [1.82, 2.24) is 5.32 Å². The zero-order valence-corrected chi connectivity index (χ0v) is 9.95. The fourth-order valence-electron chi connectivity index (χ4n) is 2.28. The first-order valence-corrected chi connectivity index (χ1v) is 6.15. The highest BCUT2D eigenvalue weighted by Crippen LogP contribution is 2.30. The molecule has 0 radical (unpaired) electrons. The van der Waals surface area contributed by atoms with Crippen LogP contribution in [0.15, 0.2) is 24.3 Å². The molecule has 0 bridgehead atoms. The Kier molecular flexibility index (Phi) is 4.16. The minimum atomic E-state index is -0.311. The molecule has 0 amide bonds. The molecule has 1 spiro atoms. The molecule has 0 saturated carbocycles. The fraction of sp³-hybridized carbons (Fsp3) is 0.692. The molecular weight excluding hydrogens is 202 g/mol. The maximum absolute atomic E-state index is 5.83.